The van der Waals surface area contributed by atoms with Crippen LogP contribution in [0, 0.1) is 5.82 Å². The highest BCUT2D eigenvalue weighted by Crippen LogP contribution is 2.23. The highest BCUT2D eigenvalue weighted by Gasteiger charge is 2.19. The van der Waals surface area contributed by atoms with Crippen LogP contribution in [0.4, 0.5) is 4.39 Å². The number of carboxylic acid groups (broad SMARTS) is 1. The molecule has 0 unspecified atom stereocenters. The normalized spacial score (nSPS) is 16.8. The third-order valence-electron chi connectivity index (χ3n) is 2.63. The molecule has 1 aromatic rings. The number of aromatic carboxylic acids is 1. The fraction of sp³-hybridized carbons (Fsp3) is 0.417. The quantitative estimate of drug-likeness (QED) is 0.878. The zero-order chi connectivity index (χ0) is 12.3. The van der Waals surface area contributed by atoms with E-state index in [1.807, 2.05) is 0 Å². The molecule has 2 rings (SSSR count). The summed E-state index contributed by atoms with van der Waals surface area (Å²) in [5, 5.41) is 8.95. The number of carboxylic acids is 1. The van der Waals surface area contributed by atoms with Gasteiger partial charge in [-0.25, -0.2) is 9.18 Å². The van der Waals surface area contributed by atoms with Crippen molar-refractivity contribution in [3.8, 4) is 5.75 Å². The molecule has 1 aliphatic rings. The van der Waals surface area contributed by atoms with E-state index in [-0.39, 0.29) is 17.4 Å². The van der Waals surface area contributed by atoms with Crippen LogP contribution in [0.3, 0.4) is 0 Å². The summed E-state index contributed by atoms with van der Waals surface area (Å²) in [6, 6.07) is 3.52. The second-order valence-electron chi connectivity index (χ2n) is 3.88. The lowest BCUT2D eigenvalue weighted by Gasteiger charge is -2.24. The lowest BCUT2D eigenvalue weighted by Crippen LogP contribution is -2.26. The minimum atomic E-state index is -1.19. The van der Waals surface area contributed by atoms with Crippen molar-refractivity contribution in [2.75, 3.05) is 13.2 Å². The first-order chi connectivity index (χ1) is 8.16. The van der Waals surface area contributed by atoms with Gasteiger partial charge in [0.1, 0.15) is 23.2 Å². The monoisotopic (exact) mass is 240 g/mol. The van der Waals surface area contributed by atoms with Gasteiger partial charge in [0.2, 0.25) is 0 Å². The highest BCUT2D eigenvalue weighted by molar-refractivity contribution is 5.90. The van der Waals surface area contributed by atoms with Gasteiger partial charge in [-0.3, -0.25) is 0 Å². The molecule has 17 heavy (non-hydrogen) atoms. The molecule has 0 atom stereocenters. The van der Waals surface area contributed by atoms with Crippen LogP contribution in [0.15, 0.2) is 18.2 Å². The molecular formula is C12H13FO4. The summed E-state index contributed by atoms with van der Waals surface area (Å²) in [5.74, 6) is -1.56. The minimum absolute atomic E-state index is 0.0627. The maximum atomic E-state index is 12.9. The predicted molar refractivity (Wildman–Crippen MR) is 57.8 cm³/mol. The van der Waals surface area contributed by atoms with Crippen LogP contribution in [0.1, 0.15) is 23.2 Å². The highest BCUT2D eigenvalue weighted by atomic mass is 19.1. The Labute approximate surface area is 98.0 Å². The van der Waals surface area contributed by atoms with E-state index in [2.05, 4.69) is 0 Å². The number of hydrogen-bond donors (Lipinski definition) is 1. The van der Waals surface area contributed by atoms with E-state index in [1.165, 1.54) is 12.1 Å². The summed E-state index contributed by atoms with van der Waals surface area (Å²) < 4.78 is 23.7. The van der Waals surface area contributed by atoms with Crippen molar-refractivity contribution in [2.24, 2.45) is 0 Å². The number of rotatable bonds is 3. The summed E-state index contributed by atoms with van der Waals surface area (Å²) in [7, 11) is 0. The van der Waals surface area contributed by atoms with Gasteiger partial charge in [0.25, 0.3) is 0 Å². The van der Waals surface area contributed by atoms with E-state index in [9.17, 15) is 9.18 Å². The van der Waals surface area contributed by atoms with E-state index in [0.717, 1.165) is 18.9 Å². The van der Waals surface area contributed by atoms with Crippen LogP contribution in [0.5, 0.6) is 5.75 Å². The van der Waals surface area contributed by atoms with Gasteiger partial charge < -0.3 is 14.6 Å². The maximum Gasteiger partial charge on any atom is 0.339 e. The fourth-order valence-corrected chi connectivity index (χ4v) is 1.75. The molecular weight excluding hydrogens is 227 g/mol. The largest absolute Gasteiger partial charge is 0.489 e. The summed E-state index contributed by atoms with van der Waals surface area (Å²) in [5.41, 5.74) is -0.142. The molecule has 0 aromatic heterocycles. The standard InChI is InChI=1S/C12H13FO4/c13-8-1-2-11(10(7-8)12(14)15)17-9-3-5-16-6-4-9/h1-2,7,9H,3-6H2,(H,14,15). The fourth-order valence-electron chi connectivity index (χ4n) is 1.75. The number of halogens is 1. The van der Waals surface area contributed by atoms with Crippen LogP contribution >= 0.6 is 0 Å². The molecule has 1 aromatic carbocycles. The van der Waals surface area contributed by atoms with Gasteiger partial charge in [0, 0.05) is 12.8 Å². The van der Waals surface area contributed by atoms with Crippen molar-refractivity contribution in [3.05, 3.63) is 29.6 Å². The van der Waals surface area contributed by atoms with Gasteiger partial charge in [0.15, 0.2) is 0 Å². The predicted octanol–water partition coefficient (Wildman–Crippen LogP) is 2.08. The third-order valence-corrected chi connectivity index (χ3v) is 2.63. The molecule has 1 N–H and O–H groups in total. The number of hydrogen-bond acceptors (Lipinski definition) is 3. The van der Waals surface area contributed by atoms with E-state index >= 15 is 0 Å². The van der Waals surface area contributed by atoms with E-state index in [4.69, 9.17) is 14.6 Å². The average molecular weight is 240 g/mol. The first-order valence-corrected chi connectivity index (χ1v) is 5.44. The lowest BCUT2D eigenvalue weighted by atomic mass is 10.1. The summed E-state index contributed by atoms with van der Waals surface area (Å²) in [6.45, 7) is 1.21. The lowest BCUT2D eigenvalue weighted by molar-refractivity contribution is 0.0248. The summed E-state index contributed by atoms with van der Waals surface area (Å²) >= 11 is 0. The molecule has 1 aliphatic heterocycles. The molecule has 92 valence electrons. The maximum absolute atomic E-state index is 12.9. The van der Waals surface area contributed by atoms with Crippen LogP contribution in [0.2, 0.25) is 0 Å². The topological polar surface area (TPSA) is 55.8 Å². The number of ether oxygens (including phenoxy) is 2. The van der Waals surface area contributed by atoms with Gasteiger partial charge in [-0.15, -0.1) is 0 Å². The van der Waals surface area contributed by atoms with E-state index in [0.29, 0.717) is 13.2 Å². The van der Waals surface area contributed by atoms with Crippen molar-refractivity contribution in [2.45, 2.75) is 18.9 Å². The Morgan fingerprint density at radius 3 is 2.76 bits per heavy atom. The van der Waals surface area contributed by atoms with E-state index in [1.54, 1.807) is 0 Å². The number of benzene rings is 1. The minimum Gasteiger partial charge on any atom is -0.489 e. The van der Waals surface area contributed by atoms with Gasteiger partial charge in [-0.05, 0) is 18.2 Å². The van der Waals surface area contributed by atoms with Gasteiger partial charge in [-0.2, -0.15) is 0 Å². The molecule has 1 saturated heterocycles. The second-order valence-corrected chi connectivity index (χ2v) is 3.88. The Hall–Kier alpha value is -1.62. The molecule has 1 heterocycles. The Morgan fingerprint density at radius 2 is 2.12 bits per heavy atom. The molecule has 0 amide bonds. The summed E-state index contributed by atoms with van der Waals surface area (Å²) in [4.78, 5) is 10.9. The van der Waals surface area contributed by atoms with Crippen molar-refractivity contribution in [1.29, 1.82) is 0 Å². The first-order valence-electron chi connectivity index (χ1n) is 5.44. The van der Waals surface area contributed by atoms with Crippen LogP contribution in [-0.2, 0) is 4.74 Å². The van der Waals surface area contributed by atoms with Gasteiger partial charge in [0.05, 0.1) is 13.2 Å². The van der Waals surface area contributed by atoms with Crippen molar-refractivity contribution in [1.82, 2.24) is 0 Å². The number of carbonyl (C=O) groups is 1. The van der Waals surface area contributed by atoms with Crippen LogP contribution < -0.4 is 4.74 Å². The SMILES string of the molecule is O=C(O)c1cc(F)ccc1OC1CCOCC1. The summed E-state index contributed by atoms with van der Waals surface area (Å²) in [6.07, 6.45) is 1.37. The molecule has 0 saturated carbocycles. The molecule has 0 bridgehead atoms. The van der Waals surface area contributed by atoms with Crippen molar-refractivity contribution in [3.63, 3.8) is 0 Å². The zero-order valence-electron chi connectivity index (χ0n) is 9.19. The van der Waals surface area contributed by atoms with Crippen LogP contribution in [0.25, 0.3) is 0 Å². The Morgan fingerprint density at radius 1 is 1.41 bits per heavy atom. The zero-order valence-corrected chi connectivity index (χ0v) is 9.19. The van der Waals surface area contributed by atoms with E-state index < -0.39 is 11.8 Å². The second kappa shape index (κ2) is 5.14. The molecule has 5 heteroatoms. The first kappa shape index (κ1) is 11.9. The van der Waals surface area contributed by atoms with Crippen molar-refractivity contribution < 1.29 is 23.8 Å². The molecule has 0 radical (unpaired) electrons. The molecule has 0 spiro atoms. The Kier molecular flexibility index (Phi) is 3.58. The Balaban J connectivity index is 2.16. The van der Waals surface area contributed by atoms with Gasteiger partial charge in [-0.1, -0.05) is 0 Å². The molecule has 4 nitrogen and oxygen atoms in total. The smallest absolute Gasteiger partial charge is 0.339 e. The van der Waals surface area contributed by atoms with Crippen molar-refractivity contribution >= 4 is 5.97 Å². The molecule has 1 fully saturated rings. The average Bonchev–Trinajstić information content (AvgIpc) is 2.32. The van der Waals surface area contributed by atoms with Gasteiger partial charge >= 0.3 is 5.97 Å². The van der Waals surface area contributed by atoms with Crippen LogP contribution in [-0.4, -0.2) is 30.4 Å². The third kappa shape index (κ3) is 2.94. The molecule has 0 aliphatic carbocycles. The Bertz CT molecular complexity index is 413.